The lowest BCUT2D eigenvalue weighted by atomic mass is 9.37. The lowest BCUT2D eigenvalue weighted by Gasteiger charge is -2.68. The lowest BCUT2D eigenvalue weighted by molar-refractivity contribution is -0.202. The van der Waals surface area contributed by atoms with E-state index in [0.717, 1.165) is 64.2 Å². The fourth-order valence-electron chi connectivity index (χ4n) is 10.3. The van der Waals surface area contributed by atoms with E-state index in [4.69, 9.17) is 0 Å². The summed E-state index contributed by atoms with van der Waals surface area (Å²) in [6.45, 7) is 11.8. The van der Waals surface area contributed by atoms with Crippen LogP contribution in [0.1, 0.15) is 98.8 Å². The molecule has 3 unspecified atom stereocenters. The van der Waals surface area contributed by atoms with Gasteiger partial charge in [0, 0.05) is 5.41 Å². The van der Waals surface area contributed by atoms with Gasteiger partial charge >= 0.3 is 5.97 Å². The maximum absolute atomic E-state index is 12.7. The highest BCUT2D eigenvalue weighted by Crippen LogP contribution is 2.72. The highest BCUT2D eigenvalue weighted by atomic mass is 16.4. The van der Waals surface area contributed by atoms with Crippen LogP contribution in [0.4, 0.5) is 0 Å². The van der Waals surface area contributed by atoms with Crippen LogP contribution in [0.2, 0.25) is 0 Å². The van der Waals surface area contributed by atoms with Gasteiger partial charge in [-0.3, -0.25) is 4.79 Å². The molecular formula is C29H46O4. The van der Waals surface area contributed by atoms with E-state index in [1.807, 2.05) is 0 Å². The number of aliphatic hydroxyl groups is 2. The fourth-order valence-corrected chi connectivity index (χ4v) is 10.3. The number of hydrogen-bond acceptors (Lipinski definition) is 3. The zero-order valence-electron chi connectivity index (χ0n) is 21.5. The van der Waals surface area contributed by atoms with Crippen molar-refractivity contribution in [3.05, 3.63) is 11.6 Å². The third kappa shape index (κ3) is 3.05. The van der Waals surface area contributed by atoms with Crippen molar-refractivity contribution in [2.24, 2.45) is 50.7 Å². The fraction of sp³-hybridized carbons (Fsp3) is 0.897. The van der Waals surface area contributed by atoms with Crippen LogP contribution in [0.25, 0.3) is 0 Å². The minimum absolute atomic E-state index is 0.0562. The Bertz CT molecular complexity index is 862. The van der Waals surface area contributed by atoms with Crippen LogP contribution < -0.4 is 0 Å². The van der Waals surface area contributed by atoms with Crippen LogP contribution in [0.3, 0.4) is 0 Å². The maximum Gasteiger partial charge on any atom is 0.310 e. The lowest BCUT2D eigenvalue weighted by Crippen LogP contribution is -2.63. The zero-order valence-corrected chi connectivity index (χ0v) is 21.5. The Morgan fingerprint density at radius 1 is 0.909 bits per heavy atom. The highest BCUT2D eigenvalue weighted by Gasteiger charge is 2.66. The average Bonchev–Trinajstić information content (AvgIpc) is 2.75. The van der Waals surface area contributed by atoms with Crippen LogP contribution in [0.5, 0.6) is 0 Å². The molecule has 33 heavy (non-hydrogen) atoms. The summed E-state index contributed by atoms with van der Waals surface area (Å²) in [5.74, 6) is 0.960. The third-order valence-electron chi connectivity index (χ3n) is 12.4. The molecule has 186 valence electrons. The Balaban J connectivity index is 1.55. The van der Waals surface area contributed by atoms with Crippen LogP contribution in [-0.2, 0) is 4.79 Å². The topological polar surface area (TPSA) is 77.8 Å². The highest BCUT2D eigenvalue weighted by molar-refractivity contribution is 5.76. The van der Waals surface area contributed by atoms with E-state index < -0.39 is 22.9 Å². The van der Waals surface area contributed by atoms with E-state index in [-0.39, 0.29) is 28.8 Å². The number of rotatable bonds is 2. The first kappa shape index (κ1) is 23.9. The minimum Gasteiger partial charge on any atom is -0.481 e. The first-order chi connectivity index (χ1) is 15.3. The molecular weight excluding hydrogens is 412 g/mol. The Morgan fingerprint density at radius 3 is 2.27 bits per heavy atom. The van der Waals surface area contributed by atoms with Gasteiger partial charge in [-0.2, -0.15) is 0 Å². The quantitative estimate of drug-likeness (QED) is 0.456. The molecule has 5 aliphatic carbocycles. The Labute approximate surface area is 200 Å². The molecule has 4 nitrogen and oxygen atoms in total. The molecule has 5 aliphatic rings. The number of allylic oxidation sites excluding steroid dienone is 2. The number of fused-ring (bicyclic) bond motifs is 7. The van der Waals surface area contributed by atoms with E-state index in [1.165, 1.54) is 5.57 Å². The Kier molecular flexibility index (Phi) is 5.29. The van der Waals surface area contributed by atoms with Gasteiger partial charge < -0.3 is 15.3 Å². The van der Waals surface area contributed by atoms with Crippen LogP contribution in [0, 0.1) is 50.7 Å². The molecule has 9 atom stereocenters. The number of carboxylic acid groups (broad SMARTS) is 1. The molecule has 5 rings (SSSR count). The summed E-state index contributed by atoms with van der Waals surface area (Å²) >= 11 is 0. The Morgan fingerprint density at radius 2 is 1.61 bits per heavy atom. The first-order valence-corrected chi connectivity index (χ1v) is 13.6. The van der Waals surface area contributed by atoms with Gasteiger partial charge in [0.15, 0.2) is 0 Å². The summed E-state index contributed by atoms with van der Waals surface area (Å²) in [7, 11) is 0. The van der Waals surface area contributed by atoms with Gasteiger partial charge in [0.1, 0.15) is 0 Å². The smallest absolute Gasteiger partial charge is 0.310 e. The van der Waals surface area contributed by atoms with Crippen LogP contribution >= 0.6 is 0 Å². The van der Waals surface area contributed by atoms with Gasteiger partial charge in [-0.15, -0.1) is 0 Å². The first-order valence-electron chi connectivity index (χ1n) is 13.6. The third-order valence-corrected chi connectivity index (χ3v) is 12.4. The average molecular weight is 459 g/mol. The van der Waals surface area contributed by atoms with Gasteiger partial charge in [-0.1, -0.05) is 46.3 Å². The van der Waals surface area contributed by atoms with Crippen molar-refractivity contribution in [3.8, 4) is 0 Å². The molecule has 4 fully saturated rings. The molecule has 0 bridgehead atoms. The summed E-state index contributed by atoms with van der Waals surface area (Å²) in [4.78, 5) is 12.7. The Hall–Kier alpha value is -0.870. The largest absolute Gasteiger partial charge is 0.481 e. The minimum atomic E-state index is -0.565. The van der Waals surface area contributed by atoms with Crippen molar-refractivity contribution in [2.45, 2.75) is 105 Å². The molecule has 0 aromatic heterocycles. The van der Waals surface area contributed by atoms with E-state index in [0.29, 0.717) is 17.8 Å². The molecule has 0 heterocycles. The van der Waals surface area contributed by atoms with Gasteiger partial charge in [0.2, 0.25) is 0 Å². The normalized spacial score (nSPS) is 53.1. The summed E-state index contributed by atoms with van der Waals surface area (Å²) in [5, 5.41) is 31.6. The van der Waals surface area contributed by atoms with Crippen LogP contribution in [0.15, 0.2) is 11.6 Å². The zero-order chi connectivity index (χ0) is 24.0. The van der Waals surface area contributed by atoms with Gasteiger partial charge in [0.05, 0.1) is 18.1 Å². The van der Waals surface area contributed by atoms with E-state index in [1.54, 1.807) is 0 Å². The van der Waals surface area contributed by atoms with Gasteiger partial charge in [0.25, 0.3) is 0 Å². The number of hydrogen-bond donors (Lipinski definition) is 3. The van der Waals surface area contributed by atoms with E-state index in [9.17, 15) is 20.1 Å². The van der Waals surface area contributed by atoms with Crippen molar-refractivity contribution in [2.75, 3.05) is 6.61 Å². The van der Waals surface area contributed by atoms with E-state index >= 15 is 0 Å². The second kappa shape index (κ2) is 7.32. The molecule has 0 amide bonds. The SMILES string of the molecule is CC1(C)CC[C@]2(C(=O)O)CCC3C(=CCC4[C@@]3(C)CCC3[C@]4(C)CC[C@H](O)[C@@]3(C)CO)[C@@H]2C1. The number of carboxylic acids is 1. The van der Waals surface area contributed by atoms with Crippen molar-refractivity contribution in [3.63, 3.8) is 0 Å². The van der Waals surface area contributed by atoms with Gasteiger partial charge in [-0.25, -0.2) is 0 Å². The van der Waals surface area contributed by atoms with Crippen molar-refractivity contribution in [1.82, 2.24) is 0 Å². The summed E-state index contributed by atoms with van der Waals surface area (Å²) < 4.78 is 0. The van der Waals surface area contributed by atoms with Crippen molar-refractivity contribution < 1.29 is 20.1 Å². The molecule has 0 radical (unpaired) electrons. The van der Waals surface area contributed by atoms with Crippen molar-refractivity contribution >= 4 is 5.97 Å². The molecule has 0 aromatic rings. The number of carbonyl (C=O) groups is 1. The number of aliphatic carboxylic acids is 1. The molecule has 3 N–H and O–H groups in total. The molecule has 0 saturated heterocycles. The molecule has 0 aromatic carbocycles. The second-order valence-electron chi connectivity index (χ2n) is 14.3. The molecule has 4 saturated carbocycles. The number of aliphatic hydroxyl groups excluding tert-OH is 2. The summed E-state index contributed by atoms with van der Waals surface area (Å²) in [6.07, 6.45) is 11.7. The predicted molar refractivity (Wildman–Crippen MR) is 129 cm³/mol. The molecule has 0 aliphatic heterocycles. The molecule has 0 spiro atoms. The second-order valence-corrected chi connectivity index (χ2v) is 14.3. The van der Waals surface area contributed by atoms with Gasteiger partial charge in [-0.05, 0) is 104 Å². The monoisotopic (exact) mass is 458 g/mol. The maximum atomic E-state index is 12.7. The summed E-state index contributed by atoms with van der Waals surface area (Å²) in [6, 6.07) is 0. The summed E-state index contributed by atoms with van der Waals surface area (Å²) in [5.41, 5.74) is 0.997. The standard InChI is InChI=1S/C29H46O4/c1-25(2)14-15-29(24(32)33)13-8-19-18(20(29)16-25)6-7-21-26(19,3)11-9-22-27(21,4)12-10-23(31)28(22,5)17-30/h6,19-23,30-31H,7-17H2,1-5H3,(H,32,33)/t19?,20-,21?,22?,23-,26-,27+,28-,29+/m0/s1. The molecule has 4 heteroatoms. The predicted octanol–water partition coefficient (Wildman–Crippen LogP) is 5.82. The van der Waals surface area contributed by atoms with E-state index in [2.05, 4.69) is 40.7 Å². The van der Waals surface area contributed by atoms with Crippen LogP contribution in [-0.4, -0.2) is 34.0 Å². The van der Waals surface area contributed by atoms with Crippen molar-refractivity contribution in [1.29, 1.82) is 0 Å².